The van der Waals surface area contributed by atoms with Crippen LogP contribution in [0.1, 0.15) is 23.2 Å². The quantitative estimate of drug-likeness (QED) is 0.460. The average Bonchev–Trinajstić information content (AvgIpc) is 2.42. The predicted molar refractivity (Wildman–Crippen MR) is 70.0 cm³/mol. The number of carbonyl (C=O) groups is 2. The van der Waals surface area contributed by atoms with Crippen LogP contribution in [0.4, 0.5) is 0 Å². The molecule has 0 bridgehead atoms. The molecular weight excluding hydrogens is 268 g/mol. The zero-order valence-electron chi connectivity index (χ0n) is 11.3. The number of methoxy groups -OCH3 is 2. The third-order valence-electron chi connectivity index (χ3n) is 2.28. The van der Waals surface area contributed by atoms with Crippen LogP contribution in [0.5, 0.6) is 0 Å². The Bertz CT molecular complexity index is 479. The standard InChI is InChI=1S/C12H16N2O4S/c1-7(11(15)17-3)6-19-9-5-8(2)13-10(14-9)12(16)18-4/h5,7H,6H2,1-4H3. The first-order valence-electron chi connectivity index (χ1n) is 5.62. The van der Waals surface area contributed by atoms with Gasteiger partial charge in [0.15, 0.2) is 0 Å². The van der Waals surface area contributed by atoms with Gasteiger partial charge in [-0.3, -0.25) is 4.79 Å². The Balaban J connectivity index is 2.76. The van der Waals surface area contributed by atoms with Crippen molar-refractivity contribution in [2.75, 3.05) is 20.0 Å². The van der Waals surface area contributed by atoms with Crippen molar-refractivity contribution < 1.29 is 19.1 Å². The first kappa shape index (κ1) is 15.4. The number of aryl methyl sites for hydroxylation is 1. The molecule has 0 spiro atoms. The minimum Gasteiger partial charge on any atom is -0.469 e. The second-order valence-corrected chi connectivity index (χ2v) is 4.94. The van der Waals surface area contributed by atoms with Crippen molar-refractivity contribution in [1.82, 2.24) is 9.97 Å². The molecule has 0 saturated heterocycles. The van der Waals surface area contributed by atoms with Crippen molar-refractivity contribution in [2.24, 2.45) is 5.92 Å². The summed E-state index contributed by atoms with van der Waals surface area (Å²) >= 11 is 1.37. The first-order valence-corrected chi connectivity index (χ1v) is 6.61. The predicted octanol–water partition coefficient (Wildman–Crippen LogP) is 1.47. The Morgan fingerprint density at radius 1 is 1.32 bits per heavy atom. The monoisotopic (exact) mass is 284 g/mol. The first-order chi connectivity index (χ1) is 8.97. The van der Waals surface area contributed by atoms with Gasteiger partial charge in [0, 0.05) is 11.4 Å². The maximum absolute atomic E-state index is 11.4. The summed E-state index contributed by atoms with van der Waals surface area (Å²) in [7, 11) is 2.63. The zero-order valence-corrected chi connectivity index (χ0v) is 12.1. The molecule has 0 aliphatic carbocycles. The number of carbonyl (C=O) groups excluding carboxylic acids is 2. The average molecular weight is 284 g/mol. The molecule has 104 valence electrons. The van der Waals surface area contributed by atoms with E-state index in [1.54, 1.807) is 19.9 Å². The Labute approximate surface area is 115 Å². The summed E-state index contributed by atoms with van der Waals surface area (Å²) < 4.78 is 9.22. The minimum atomic E-state index is -0.577. The summed E-state index contributed by atoms with van der Waals surface area (Å²) in [6.07, 6.45) is 0. The fourth-order valence-corrected chi connectivity index (χ4v) is 2.24. The van der Waals surface area contributed by atoms with Crippen LogP contribution in [0.3, 0.4) is 0 Å². The van der Waals surface area contributed by atoms with E-state index in [0.29, 0.717) is 16.5 Å². The van der Waals surface area contributed by atoms with Crippen LogP contribution in [-0.2, 0) is 14.3 Å². The van der Waals surface area contributed by atoms with Crippen LogP contribution < -0.4 is 0 Å². The lowest BCUT2D eigenvalue weighted by Gasteiger charge is -2.08. The number of rotatable bonds is 5. The van der Waals surface area contributed by atoms with Crippen LogP contribution >= 0.6 is 11.8 Å². The molecular formula is C12H16N2O4S. The van der Waals surface area contributed by atoms with E-state index in [-0.39, 0.29) is 17.7 Å². The molecule has 1 aromatic rings. The molecule has 6 nitrogen and oxygen atoms in total. The molecule has 1 heterocycles. The highest BCUT2D eigenvalue weighted by atomic mass is 32.2. The lowest BCUT2D eigenvalue weighted by molar-refractivity contribution is -0.143. The van der Waals surface area contributed by atoms with E-state index in [1.807, 2.05) is 0 Å². The van der Waals surface area contributed by atoms with Gasteiger partial charge in [0.25, 0.3) is 0 Å². The number of nitrogens with zero attached hydrogens (tertiary/aromatic N) is 2. The van der Waals surface area contributed by atoms with Gasteiger partial charge >= 0.3 is 11.9 Å². The van der Waals surface area contributed by atoms with Crippen LogP contribution in [0.15, 0.2) is 11.1 Å². The van der Waals surface area contributed by atoms with E-state index in [4.69, 9.17) is 0 Å². The maximum Gasteiger partial charge on any atom is 0.376 e. The number of hydrogen-bond acceptors (Lipinski definition) is 7. The second kappa shape index (κ2) is 7.08. The van der Waals surface area contributed by atoms with E-state index in [2.05, 4.69) is 19.4 Å². The molecule has 0 radical (unpaired) electrons. The molecule has 0 fully saturated rings. The van der Waals surface area contributed by atoms with E-state index < -0.39 is 5.97 Å². The fraction of sp³-hybridized carbons (Fsp3) is 0.500. The van der Waals surface area contributed by atoms with Gasteiger partial charge < -0.3 is 9.47 Å². The molecule has 0 N–H and O–H groups in total. The Kier molecular flexibility index (Phi) is 5.75. The van der Waals surface area contributed by atoms with Gasteiger partial charge in [0.05, 0.1) is 20.1 Å². The van der Waals surface area contributed by atoms with Crippen LogP contribution in [-0.4, -0.2) is 41.9 Å². The molecule has 0 aliphatic rings. The van der Waals surface area contributed by atoms with Gasteiger partial charge in [-0.05, 0) is 13.0 Å². The Hall–Kier alpha value is -1.63. The van der Waals surface area contributed by atoms with Gasteiger partial charge in [-0.1, -0.05) is 6.92 Å². The van der Waals surface area contributed by atoms with Crippen molar-refractivity contribution in [2.45, 2.75) is 18.9 Å². The highest BCUT2D eigenvalue weighted by Gasteiger charge is 2.16. The highest BCUT2D eigenvalue weighted by Crippen LogP contribution is 2.20. The van der Waals surface area contributed by atoms with Gasteiger partial charge in [0.2, 0.25) is 5.82 Å². The van der Waals surface area contributed by atoms with E-state index in [1.165, 1.54) is 26.0 Å². The highest BCUT2D eigenvalue weighted by molar-refractivity contribution is 7.99. The maximum atomic E-state index is 11.4. The lowest BCUT2D eigenvalue weighted by atomic mass is 10.2. The number of aromatic nitrogens is 2. The minimum absolute atomic E-state index is 0.0238. The van der Waals surface area contributed by atoms with E-state index >= 15 is 0 Å². The molecule has 0 aliphatic heterocycles. The molecule has 19 heavy (non-hydrogen) atoms. The van der Waals surface area contributed by atoms with E-state index in [0.717, 1.165) is 0 Å². The molecule has 0 aromatic carbocycles. The molecule has 0 amide bonds. The van der Waals surface area contributed by atoms with Crippen LogP contribution in [0.2, 0.25) is 0 Å². The normalized spacial score (nSPS) is 11.8. The van der Waals surface area contributed by atoms with Gasteiger partial charge in [-0.25, -0.2) is 14.8 Å². The zero-order chi connectivity index (χ0) is 14.4. The number of ether oxygens (including phenoxy) is 2. The SMILES string of the molecule is COC(=O)c1nc(C)cc(SCC(C)C(=O)OC)n1. The van der Waals surface area contributed by atoms with Gasteiger partial charge in [-0.2, -0.15) is 0 Å². The van der Waals surface area contributed by atoms with Crippen molar-refractivity contribution in [3.63, 3.8) is 0 Å². The largest absolute Gasteiger partial charge is 0.469 e. The molecule has 1 atom stereocenters. The summed E-state index contributed by atoms with van der Waals surface area (Å²) in [6.45, 7) is 3.54. The third-order valence-corrected chi connectivity index (χ3v) is 3.46. The molecule has 7 heteroatoms. The molecule has 1 rings (SSSR count). The summed E-state index contributed by atoms with van der Waals surface area (Å²) in [5.41, 5.74) is 0.670. The number of esters is 2. The smallest absolute Gasteiger partial charge is 0.376 e. The summed E-state index contributed by atoms with van der Waals surface area (Å²) in [5.74, 6) is -0.551. The van der Waals surface area contributed by atoms with E-state index in [9.17, 15) is 9.59 Å². The van der Waals surface area contributed by atoms with Gasteiger partial charge in [0.1, 0.15) is 5.03 Å². The summed E-state index contributed by atoms with van der Waals surface area (Å²) in [6, 6.07) is 1.75. The molecule has 0 saturated carbocycles. The molecule has 1 aromatic heterocycles. The topological polar surface area (TPSA) is 78.4 Å². The third kappa shape index (κ3) is 4.51. The van der Waals surface area contributed by atoms with Crippen molar-refractivity contribution >= 4 is 23.7 Å². The van der Waals surface area contributed by atoms with Crippen molar-refractivity contribution in [1.29, 1.82) is 0 Å². The fourth-order valence-electron chi connectivity index (χ4n) is 1.28. The van der Waals surface area contributed by atoms with Gasteiger partial charge in [-0.15, -0.1) is 11.8 Å². The van der Waals surface area contributed by atoms with Crippen molar-refractivity contribution in [3.8, 4) is 0 Å². The Morgan fingerprint density at radius 3 is 2.58 bits per heavy atom. The number of hydrogen-bond donors (Lipinski definition) is 0. The molecule has 1 unspecified atom stereocenters. The summed E-state index contributed by atoms with van der Waals surface area (Å²) in [4.78, 5) is 30.7. The number of thioether (sulfide) groups is 1. The summed E-state index contributed by atoms with van der Waals surface area (Å²) in [5, 5.41) is 0.628. The van der Waals surface area contributed by atoms with Crippen LogP contribution in [0.25, 0.3) is 0 Å². The second-order valence-electron chi connectivity index (χ2n) is 3.90. The van der Waals surface area contributed by atoms with Crippen molar-refractivity contribution in [3.05, 3.63) is 17.6 Å². The van der Waals surface area contributed by atoms with Crippen LogP contribution in [0, 0.1) is 12.8 Å². The Morgan fingerprint density at radius 2 is 2.00 bits per heavy atom. The lowest BCUT2D eigenvalue weighted by Crippen LogP contribution is -2.15.